The molecule has 25 heavy (non-hydrogen) atoms. The summed E-state index contributed by atoms with van der Waals surface area (Å²) >= 11 is 0. The summed E-state index contributed by atoms with van der Waals surface area (Å²) in [5.74, 6) is 0. The van der Waals surface area contributed by atoms with Crippen LogP contribution >= 0.6 is 0 Å². The number of anilines is 1. The van der Waals surface area contributed by atoms with Crippen LogP contribution in [0.5, 0.6) is 0 Å². The van der Waals surface area contributed by atoms with E-state index in [0.29, 0.717) is 18.2 Å². The second-order valence-corrected chi connectivity index (χ2v) is 8.53. The van der Waals surface area contributed by atoms with E-state index in [4.69, 9.17) is 10.3 Å². The molecule has 0 heterocycles. The van der Waals surface area contributed by atoms with E-state index in [-0.39, 0.29) is 59.1 Å². The largest absolute Gasteiger partial charge is 1.00 e. The molecule has 0 aromatic heterocycles. The van der Waals surface area contributed by atoms with Gasteiger partial charge in [-0.3, -0.25) is 4.55 Å². The van der Waals surface area contributed by atoms with Gasteiger partial charge >= 0.3 is 59.1 Å². The van der Waals surface area contributed by atoms with Crippen molar-refractivity contribution in [3.8, 4) is 0 Å². The van der Waals surface area contributed by atoms with Crippen LogP contribution in [0.25, 0.3) is 10.8 Å². The molecule has 0 aliphatic heterocycles. The van der Waals surface area contributed by atoms with Crippen molar-refractivity contribution in [1.82, 2.24) is 0 Å². The molecular weight excluding hydrogens is 420 g/mol. The fraction of sp³-hybridized carbons (Fsp3) is 0. The number of fused-ring (bicyclic) bond motifs is 1. The van der Waals surface area contributed by atoms with Crippen molar-refractivity contribution in [2.45, 2.75) is 14.7 Å². The number of rotatable bonds is 3. The topological polar surface area (TPSA) is 195 Å². The number of nitrogens with two attached hydrogens (primary N) is 1. The van der Waals surface area contributed by atoms with Crippen LogP contribution < -0.4 is 64.8 Å². The third-order valence-corrected chi connectivity index (χ3v) is 5.46. The minimum absolute atomic E-state index is 0. The Hall–Kier alpha value is 0.230. The van der Waals surface area contributed by atoms with Crippen LogP contribution in [0.1, 0.15) is 0 Å². The first kappa shape index (κ1) is 25.2. The summed E-state index contributed by atoms with van der Waals surface area (Å²) < 4.78 is 98.3. The van der Waals surface area contributed by atoms with E-state index < -0.39 is 61.5 Å². The Morgan fingerprint density at radius 1 is 0.800 bits per heavy atom. The maximum atomic E-state index is 11.3. The molecule has 0 radical (unpaired) electrons. The summed E-state index contributed by atoms with van der Waals surface area (Å²) in [5, 5.41) is -0.782. The fourth-order valence-electron chi connectivity index (χ4n) is 1.92. The third-order valence-electron chi connectivity index (χ3n) is 2.86. The van der Waals surface area contributed by atoms with Crippen LogP contribution in [-0.4, -0.2) is 38.9 Å². The molecule has 10 nitrogen and oxygen atoms in total. The smallest absolute Gasteiger partial charge is 0.744 e. The van der Waals surface area contributed by atoms with Gasteiger partial charge in [0.05, 0.1) is 14.7 Å². The molecule has 0 fully saturated rings. The van der Waals surface area contributed by atoms with Crippen LogP contribution in [0.4, 0.5) is 5.69 Å². The second-order valence-electron chi connectivity index (χ2n) is 4.42. The molecule has 0 amide bonds. The number of nitrogen functional groups attached to an aromatic ring is 1. The molecule has 2 aromatic carbocycles. The van der Waals surface area contributed by atoms with Crippen molar-refractivity contribution in [1.29, 1.82) is 0 Å². The van der Waals surface area contributed by atoms with Crippen LogP contribution in [0, 0.1) is 0 Å². The standard InChI is InChI=1S/C10H9NO9S3.2Na/c11-8-4-7-5(2-10(8)23(18,19)20)1-6(21(12,13)14)3-9(7)22(15,16)17;;/h1-4H,11H2,(H,12,13,14)(H,15,16,17)(H,18,19,20);;/q;2*+1/p-2. The predicted octanol–water partition coefficient (Wildman–Crippen LogP) is -6.52. The van der Waals surface area contributed by atoms with Crippen LogP contribution in [0.3, 0.4) is 0 Å². The van der Waals surface area contributed by atoms with E-state index in [2.05, 4.69) is 0 Å². The summed E-state index contributed by atoms with van der Waals surface area (Å²) in [4.78, 5) is -2.92. The van der Waals surface area contributed by atoms with Gasteiger partial charge in [0, 0.05) is 11.1 Å². The average Bonchev–Trinajstić information content (AvgIpc) is 2.32. The maximum absolute atomic E-state index is 11.3. The first-order valence-electron chi connectivity index (χ1n) is 5.48. The Labute approximate surface area is 187 Å². The van der Waals surface area contributed by atoms with Gasteiger partial charge in [-0.1, -0.05) is 0 Å². The molecule has 0 saturated heterocycles. The van der Waals surface area contributed by atoms with Crippen LogP contribution in [-0.2, 0) is 30.4 Å². The Bertz CT molecular complexity index is 1140. The monoisotopic (exact) mass is 427 g/mol. The van der Waals surface area contributed by atoms with E-state index >= 15 is 0 Å². The molecule has 15 heteroatoms. The van der Waals surface area contributed by atoms with E-state index in [1.165, 1.54) is 0 Å². The SMILES string of the molecule is Nc1cc2c(S(=O)(=O)[O-])cc(S(=O)(=O)O)cc2cc1S(=O)(=O)[O-].[Na+].[Na+]. The average molecular weight is 427 g/mol. The number of benzene rings is 2. The molecule has 0 aliphatic carbocycles. The normalized spacial score (nSPS) is 12.3. The first-order valence-corrected chi connectivity index (χ1v) is 9.73. The fourth-order valence-corrected chi connectivity index (χ4v) is 3.87. The Kier molecular flexibility index (Phi) is 8.15. The first-order chi connectivity index (χ1) is 10.2. The molecule has 0 atom stereocenters. The molecule has 0 aliphatic rings. The van der Waals surface area contributed by atoms with E-state index in [1.54, 1.807) is 0 Å². The quantitative estimate of drug-likeness (QED) is 0.270. The van der Waals surface area contributed by atoms with Crippen molar-refractivity contribution < 1.29 is 98.0 Å². The molecule has 3 N–H and O–H groups in total. The van der Waals surface area contributed by atoms with E-state index in [9.17, 15) is 34.4 Å². The van der Waals surface area contributed by atoms with E-state index in [0.717, 1.165) is 6.07 Å². The Balaban J connectivity index is 0.00000288. The van der Waals surface area contributed by atoms with Crippen molar-refractivity contribution in [2.75, 3.05) is 5.73 Å². The van der Waals surface area contributed by atoms with Gasteiger partial charge in [-0.05, 0) is 29.7 Å². The van der Waals surface area contributed by atoms with Gasteiger partial charge in [0.1, 0.15) is 20.2 Å². The number of hydrogen-bond acceptors (Lipinski definition) is 9. The molecule has 0 spiro atoms. The van der Waals surface area contributed by atoms with Gasteiger partial charge in [0.25, 0.3) is 10.1 Å². The van der Waals surface area contributed by atoms with Crippen molar-refractivity contribution in [2.24, 2.45) is 0 Å². The molecule has 126 valence electrons. The molecular formula is C10H7NNa2O9S3. The molecule has 0 bridgehead atoms. The van der Waals surface area contributed by atoms with Gasteiger partial charge in [0.2, 0.25) is 0 Å². The zero-order valence-corrected chi connectivity index (χ0v) is 19.3. The minimum Gasteiger partial charge on any atom is -0.744 e. The summed E-state index contributed by atoms with van der Waals surface area (Å²) in [7, 11) is -15.1. The van der Waals surface area contributed by atoms with Crippen molar-refractivity contribution in [3.63, 3.8) is 0 Å². The van der Waals surface area contributed by atoms with E-state index in [1.807, 2.05) is 0 Å². The molecule has 0 unspecified atom stereocenters. The summed E-state index contributed by atoms with van der Waals surface area (Å²) in [5.41, 5.74) is 4.75. The van der Waals surface area contributed by atoms with Crippen LogP contribution in [0.15, 0.2) is 39.0 Å². The Morgan fingerprint density at radius 3 is 1.68 bits per heavy atom. The molecule has 2 rings (SSSR count). The summed E-state index contributed by atoms with van der Waals surface area (Å²) in [6.45, 7) is 0. The minimum atomic E-state index is -5.19. The maximum Gasteiger partial charge on any atom is 1.00 e. The number of hydrogen-bond donors (Lipinski definition) is 2. The summed E-state index contributed by atoms with van der Waals surface area (Å²) in [6.07, 6.45) is 0. The molecule has 0 saturated carbocycles. The molecule has 2 aromatic rings. The van der Waals surface area contributed by atoms with Gasteiger partial charge < -0.3 is 14.8 Å². The summed E-state index contributed by atoms with van der Waals surface area (Å²) in [6, 6.07) is 2.48. The zero-order chi connectivity index (χ0) is 17.8. The van der Waals surface area contributed by atoms with Gasteiger partial charge in [-0.25, -0.2) is 16.8 Å². The Morgan fingerprint density at radius 2 is 1.28 bits per heavy atom. The zero-order valence-electron chi connectivity index (χ0n) is 12.8. The van der Waals surface area contributed by atoms with Crippen molar-refractivity contribution >= 4 is 46.8 Å². The predicted molar refractivity (Wildman–Crippen MR) is 74.1 cm³/mol. The van der Waals surface area contributed by atoms with Gasteiger partial charge in [-0.15, -0.1) is 0 Å². The second kappa shape index (κ2) is 8.08. The van der Waals surface area contributed by atoms with Gasteiger partial charge in [0.15, 0.2) is 0 Å². The van der Waals surface area contributed by atoms with Crippen molar-refractivity contribution in [3.05, 3.63) is 24.3 Å². The van der Waals surface area contributed by atoms with Crippen LogP contribution in [0.2, 0.25) is 0 Å². The van der Waals surface area contributed by atoms with Gasteiger partial charge in [-0.2, -0.15) is 8.42 Å². The third kappa shape index (κ3) is 5.60.